The predicted molar refractivity (Wildman–Crippen MR) is 89.6 cm³/mol. The van der Waals surface area contributed by atoms with Crippen LogP contribution in [0.2, 0.25) is 0 Å². The lowest BCUT2D eigenvalue weighted by Gasteiger charge is -2.32. The van der Waals surface area contributed by atoms with Gasteiger partial charge in [0.05, 0.1) is 26.4 Å². The molecule has 0 amide bonds. The highest BCUT2D eigenvalue weighted by Crippen LogP contribution is 2.30. The van der Waals surface area contributed by atoms with E-state index in [0.717, 1.165) is 62.8 Å². The van der Waals surface area contributed by atoms with Crippen LogP contribution >= 0.6 is 0 Å². The molecule has 1 aromatic rings. The van der Waals surface area contributed by atoms with E-state index in [-0.39, 0.29) is 11.7 Å². The lowest BCUT2D eigenvalue weighted by molar-refractivity contribution is 0.0340. The first-order chi connectivity index (χ1) is 11.1. The Morgan fingerprint density at radius 1 is 1.00 bits per heavy atom. The third-order valence-electron chi connectivity index (χ3n) is 4.65. The van der Waals surface area contributed by atoms with Crippen LogP contribution in [-0.2, 0) is 16.0 Å². The molecule has 23 heavy (non-hydrogen) atoms. The van der Waals surface area contributed by atoms with Crippen LogP contribution in [0.25, 0.3) is 0 Å². The largest absolute Gasteiger partial charge is 0.379 e. The number of morpholine rings is 2. The van der Waals surface area contributed by atoms with E-state index in [1.54, 1.807) is 6.07 Å². The number of halogens is 1. The van der Waals surface area contributed by atoms with Crippen LogP contribution in [-0.4, -0.2) is 57.5 Å². The van der Waals surface area contributed by atoms with Crippen molar-refractivity contribution in [3.05, 3.63) is 29.1 Å². The highest BCUT2D eigenvalue weighted by atomic mass is 19.1. The van der Waals surface area contributed by atoms with Gasteiger partial charge in [-0.25, -0.2) is 4.39 Å². The second-order valence-corrected chi connectivity index (χ2v) is 6.64. The van der Waals surface area contributed by atoms with Gasteiger partial charge in [-0.3, -0.25) is 4.90 Å². The number of benzene rings is 1. The summed E-state index contributed by atoms with van der Waals surface area (Å²) in [5.41, 5.74) is 2.95. The van der Waals surface area contributed by atoms with Crippen molar-refractivity contribution in [3.8, 4) is 0 Å². The second kappa shape index (κ2) is 7.60. The molecule has 0 unspecified atom stereocenters. The summed E-state index contributed by atoms with van der Waals surface area (Å²) < 4.78 is 25.6. The fourth-order valence-corrected chi connectivity index (χ4v) is 3.44. The van der Waals surface area contributed by atoms with Gasteiger partial charge >= 0.3 is 0 Å². The molecule has 0 N–H and O–H groups in total. The van der Waals surface area contributed by atoms with Gasteiger partial charge in [-0.1, -0.05) is 13.8 Å². The van der Waals surface area contributed by atoms with E-state index >= 15 is 0 Å². The van der Waals surface area contributed by atoms with Gasteiger partial charge in [0.15, 0.2) is 0 Å². The van der Waals surface area contributed by atoms with Crippen LogP contribution in [0.1, 0.15) is 30.9 Å². The highest BCUT2D eigenvalue weighted by molar-refractivity contribution is 5.52. The smallest absolute Gasteiger partial charge is 0.129 e. The molecule has 128 valence electrons. The zero-order valence-corrected chi connectivity index (χ0v) is 14.2. The molecule has 0 aliphatic carbocycles. The van der Waals surface area contributed by atoms with Gasteiger partial charge in [0.2, 0.25) is 0 Å². The number of hydrogen-bond acceptors (Lipinski definition) is 4. The molecule has 0 spiro atoms. The van der Waals surface area contributed by atoms with Crippen molar-refractivity contribution in [2.75, 3.05) is 57.5 Å². The number of nitrogens with zero attached hydrogens (tertiary/aromatic N) is 2. The molecule has 2 saturated heterocycles. The van der Waals surface area contributed by atoms with Gasteiger partial charge < -0.3 is 14.4 Å². The Kier molecular flexibility index (Phi) is 5.51. The molecule has 0 atom stereocenters. The lowest BCUT2D eigenvalue weighted by Crippen LogP contribution is -2.37. The van der Waals surface area contributed by atoms with Crippen molar-refractivity contribution in [2.24, 2.45) is 0 Å². The molecular formula is C18H27FN2O2. The molecule has 3 rings (SSSR count). The van der Waals surface area contributed by atoms with Crippen LogP contribution in [0.3, 0.4) is 0 Å². The number of hydrogen-bond donors (Lipinski definition) is 0. The third-order valence-corrected chi connectivity index (χ3v) is 4.65. The molecular weight excluding hydrogens is 295 g/mol. The number of ether oxygens (including phenoxy) is 2. The topological polar surface area (TPSA) is 24.9 Å². The molecule has 0 radical (unpaired) electrons. The van der Waals surface area contributed by atoms with Gasteiger partial charge in [0, 0.05) is 38.4 Å². The van der Waals surface area contributed by atoms with Crippen LogP contribution in [0.15, 0.2) is 12.1 Å². The Bertz CT molecular complexity index is 524. The number of rotatable bonds is 4. The molecule has 2 heterocycles. The minimum Gasteiger partial charge on any atom is -0.379 e. The maximum atomic E-state index is 14.8. The maximum absolute atomic E-state index is 14.8. The molecule has 1 aromatic carbocycles. The lowest BCUT2D eigenvalue weighted by atomic mass is 9.95. The second-order valence-electron chi connectivity index (χ2n) is 6.64. The molecule has 0 bridgehead atoms. The molecule has 0 aromatic heterocycles. The molecule has 2 aliphatic heterocycles. The zero-order valence-electron chi connectivity index (χ0n) is 14.2. The zero-order chi connectivity index (χ0) is 16.2. The van der Waals surface area contributed by atoms with Crippen LogP contribution in [0.4, 0.5) is 10.1 Å². The minimum atomic E-state index is -0.0766. The summed E-state index contributed by atoms with van der Waals surface area (Å²) in [4.78, 5) is 4.58. The van der Waals surface area contributed by atoms with Crippen molar-refractivity contribution in [3.63, 3.8) is 0 Å². The first kappa shape index (κ1) is 16.7. The highest BCUT2D eigenvalue weighted by Gasteiger charge is 2.20. The van der Waals surface area contributed by atoms with Crippen LogP contribution in [0.5, 0.6) is 0 Å². The van der Waals surface area contributed by atoms with Crippen molar-refractivity contribution in [2.45, 2.75) is 26.3 Å². The Hall–Kier alpha value is -1.17. The van der Waals surface area contributed by atoms with Gasteiger partial charge in [-0.05, 0) is 29.2 Å². The quantitative estimate of drug-likeness (QED) is 0.851. The molecule has 2 fully saturated rings. The van der Waals surface area contributed by atoms with Gasteiger partial charge in [0.1, 0.15) is 5.82 Å². The number of anilines is 1. The monoisotopic (exact) mass is 322 g/mol. The molecule has 0 saturated carbocycles. The Morgan fingerprint density at radius 3 is 2.22 bits per heavy atom. The molecule has 4 nitrogen and oxygen atoms in total. The standard InChI is InChI=1S/C18H27FN2O2/c1-14(2)18-15(13-20-3-7-22-8-4-20)11-16(12-17(18)19)21-5-9-23-10-6-21/h11-12,14H,3-10,13H2,1-2H3. The van der Waals surface area contributed by atoms with Gasteiger partial charge in [-0.15, -0.1) is 0 Å². The predicted octanol–water partition coefficient (Wildman–Crippen LogP) is 2.62. The first-order valence-corrected chi connectivity index (χ1v) is 8.60. The van der Waals surface area contributed by atoms with Crippen molar-refractivity contribution in [1.29, 1.82) is 0 Å². The van der Waals surface area contributed by atoms with E-state index in [1.807, 2.05) is 0 Å². The van der Waals surface area contributed by atoms with Crippen LogP contribution < -0.4 is 4.90 Å². The van der Waals surface area contributed by atoms with E-state index < -0.39 is 0 Å². The minimum absolute atomic E-state index is 0.0766. The van der Waals surface area contributed by atoms with Crippen molar-refractivity contribution in [1.82, 2.24) is 4.90 Å². The molecule has 2 aliphatic rings. The SMILES string of the molecule is CC(C)c1c(F)cc(N2CCOCC2)cc1CN1CCOCC1. The van der Waals surface area contributed by atoms with Crippen molar-refractivity contribution >= 4 is 5.69 Å². The molecule has 5 heteroatoms. The summed E-state index contributed by atoms with van der Waals surface area (Å²) >= 11 is 0. The fourth-order valence-electron chi connectivity index (χ4n) is 3.44. The first-order valence-electron chi connectivity index (χ1n) is 8.60. The van der Waals surface area contributed by atoms with E-state index in [0.29, 0.717) is 13.2 Å². The van der Waals surface area contributed by atoms with Gasteiger partial charge in [0.25, 0.3) is 0 Å². The summed E-state index contributed by atoms with van der Waals surface area (Å²) in [6.07, 6.45) is 0. The summed E-state index contributed by atoms with van der Waals surface area (Å²) in [5, 5.41) is 0. The van der Waals surface area contributed by atoms with E-state index in [4.69, 9.17) is 9.47 Å². The van der Waals surface area contributed by atoms with E-state index in [1.165, 1.54) is 0 Å². The average molecular weight is 322 g/mol. The normalized spacial score (nSPS) is 20.3. The maximum Gasteiger partial charge on any atom is 0.129 e. The van der Waals surface area contributed by atoms with E-state index in [2.05, 4.69) is 29.7 Å². The summed E-state index contributed by atoms with van der Waals surface area (Å²) in [6.45, 7) is 11.4. The van der Waals surface area contributed by atoms with E-state index in [9.17, 15) is 4.39 Å². The van der Waals surface area contributed by atoms with Crippen LogP contribution in [0, 0.1) is 5.82 Å². The fraction of sp³-hybridized carbons (Fsp3) is 0.667. The Balaban J connectivity index is 1.87. The Labute approximate surface area is 138 Å². The summed E-state index contributed by atoms with van der Waals surface area (Å²) in [6, 6.07) is 3.88. The summed E-state index contributed by atoms with van der Waals surface area (Å²) in [5.74, 6) is 0.108. The van der Waals surface area contributed by atoms with Crippen molar-refractivity contribution < 1.29 is 13.9 Å². The van der Waals surface area contributed by atoms with Gasteiger partial charge in [-0.2, -0.15) is 0 Å². The average Bonchev–Trinajstić information content (AvgIpc) is 2.56. The third kappa shape index (κ3) is 4.03. The Morgan fingerprint density at radius 2 is 1.61 bits per heavy atom. The summed E-state index contributed by atoms with van der Waals surface area (Å²) in [7, 11) is 0.